The molecular formula is C21H18N6O2. The number of H-pyrrole nitrogens is 1. The first-order valence-electron chi connectivity index (χ1n) is 9.12. The predicted molar refractivity (Wildman–Crippen MR) is 109 cm³/mol. The molecule has 4 aromatic rings. The van der Waals surface area contributed by atoms with Crippen LogP contribution in [0.2, 0.25) is 0 Å². The Morgan fingerprint density at radius 3 is 2.69 bits per heavy atom. The van der Waals surface area contributed by atoms with Crippen molar-refractivity contribution in [3.63, 3.8) is 0 Å². The number of nitrogens with one attached hydrogen (secondary N) is 2. The summed E-state index contributed by atoms with van der Waals surface area (Å²) in [5.74, 6) is 0.217. The molecular weight excluding hydrogens is 368 g/mol. The van der Waals surface area contributed by atoms with Crippen molar-refractivity contribution in [1.82, 2.24) is 25.2 Å². The van der Waals surface area contributed by atoms with E-state index >= 15 is 0 Å². The fourth-order valence-electron chi connectivity index (χ4n) is 2.91. The Labute approximate surface area is 166 Å². The maximum absolute atomic E-state index is 12.7. The normalized spacial score (nSPS) is 10.7. The smallest absolute Gasteiger partial charge is 0.255 e. The first kappa shape index (κ1) is 18.3. The molecule has 2 heterocycles. The third-order valence-corrected chi connectivity index (χ3v) is 4.37. The highest BCUT2D eigenvalue weighted by molar-refractivity contribution is 6.05. The maximum Gasteiger partial charge on any atom is 0.255 e. The number of hydrogen-bond donors (Lipinski definition) is 2. The van der Waals surface area contributed by atoms with Crippen molar-refractivity contribution in [1.29, 1.82) is 0 Å². The molecule has 2 aromatic carbocycles. The van der Waals surface area contributed by atoms with Crippen LogP contribution in [-0.4, -0.2) is 31.1 Å². The van der Waals surface area contributed by atoms with Crippen LogP contribution in [0.4, 0.5) is 5.69 Å². The summed E-state index contributed by atoms with van der Waals surface area (Å²) in [6.45, 7) is 2.56. The van der Waals surface area contributed by atoms with Gasteiger partial charge in [-0.15, -0.1) is 10.2 Å². The van der Waals surface area contributed by atoms with E-state index in [2.05, 4.69) is 25.7 Å². The van der Waals surface area contributed by atoms with Crippen molar-refractivity contribution in [2.24, 2.45) is 0 Å². The number of pyridine rings is 1. The Morgan fingerprint density at radius 2 is 1.90 bits per heavy atom. The molecule has 0 radical (unpaired) electrons. The van der Waals surface area contributed by atoms with Crippen LogP contribution in [0.5, 0.6) is 0 Å². The average Bonchev–Trinajstić information content (AvgIpc) is 3.24. The van der Waals surface area contributed by atoms with Gasteiger partial charge < -0.3 is 10.3 Å². The van der Waals surface area contributed by atoms with Crippen molar-refractivity contribution < 1.29 is 4.79 Å². The Balaban J connectivity index is 1.57. The number of carbonyl (C=O) groups is 1. The van der Waals surface area contributed by atoms with Crippen LogP contribution >= 0.6 is 0 Å². The van der Waals surface area contributed by atoms with Crippen LogP contribution in [0.15, 0.2) is 71.7 Å². The highest BCUT2D eigenvalue weighted by Gasteiger charge is 2.11. The molecule has 8 nitrogen and oxygen atoms in total. The standard InChI is InChI=1S/C21H18N6O2/c1-2-27-25-19(24-26-27)15-7-4-9-17(13-15)23-20(28)16-8-3-6-14(12-16)18-10-5-11-22-21(18)29/h3-13H,2H2,1H3,(H,22,29)(H,23,28). The molecule has 0 unspecified atom stereocenters. The number of carbonyl (C=O) groups excluding carboxylic acids is 1. The second-order valence-corrected chi connectivity index (χ2v) is 6.33. The third-order valence-electron chi connectivity index (χ3n) is 4.37. The zero-order valence-corrected chi connectivity index (χ0v) is 15.7. The second-order valence-electron chi connectivity index (χ2n) is 6.33. The number of aromatic nitrogens is 5. The van der Waals surface area contributed by atoms with E-state index in [1.165, 1.54) is 4.80 Å². The number of rotatable bonds is 5. The van der Waals surface area contributed by atoms with Crippen molar-refractivity contribution in [2.45, 2.75) is 13.5 Å². The van der Waals surface area contributed by atoms with E-state index in [0.29, 0.717) is 34.7 Å². The van der Waals surface area contributed by atoms with Crippen molar-refractivity contribution >= 4 is 11.6 Å². The minimum atomic E-state index is -0.276. The lowest BCUT2D eigenvalue weighted by atomic mass is 10.0. The summed E-state index contributed by atoms with van der Waals surface area (Å²) in [5, 5.41) is 15.1. The van der Waals surface area contributed by atoms with Gasteiger partial charge in [0.1, 0.15) is 0 Å². The molecule has 0 spiro atoms. The van der Waals surface area contributed by atoms with E-state index < -0.39 is 0 Å². The van der Waals surface area contributed by atoms with Crippen LogP contribution in [0, 0.1) is 0 Å². The monoisotopic (exact) mass is 386 g/mol. The zero-order chi connectivity index (χ0) is 20.2. The van der Waals surface area contributed by atoms with E-state index in [9.17, 15) is 9.59 Å². The van der Waals surface area contributed by atoms with Crippen molar-refractivity contribution in [3.05, 3.63) is 82.8 Å². The molecule has 2 N–H and O–H groups in total. The van der Waals surface area contributed by atoms with E-state index in [1.807, 2.05) is 19.1 Å². The maximum atomic E-state index is 12.7. The van der Waals surface area contributed by atoms with Gasteiger partial charge in [-0.1, -0.05) is 24.3 Å². The predicted octanol–water partition coefficient (Wildman–Crippen LogP) is 2.97. The third kappa shape index (κ3) is 3.96. The van der Waals surface area contributed by atoms with Crippen LogP contribution < -0.4 is 10.9 Å². The molecule has 0 saturated carbocycles. The van der Waals surface area contributed by atoms with Gasteiger partial charge in [0.05, 0.1) is 6.54 Å². The molecule has 144 valence electrons. The van der Waals surface area contributed by atoms with Gasteiger partial charge in [-0.2, -0.15) is 4.80 Å². The molecule has 8 heteroatoms. The fourth-order valence-corrected chi connectivity index (χ4v) is 2.91. The number of aromatic amines is 1. The minimum Gasteiger partial charge on any atom is -0.329 e. The number of tetrazole rings is 1. The summed E-state index contributed by atoms with van der Waals surface area (Å²) >= 11 is 0. The van der Waals surface area contributed by atoms with Gasteiger partial charge in [0.15, 0.2) is 0 Å². The van der Waals surface area contributed by atoms with Gasteiger partial charge >= 0.3 is 0 Å². The largest absolute Gasteiger partial charge is 0.329 e. The molecule has 0 bridgehead atoms. The first-order valence-corrected chi connectivity index (χ1v) is 9.12. The molecule has 29 heavy (non-hydrogen) atoms. The van der Waals surface area contributed by atoms with Gasteiger partial charge in [-0.05, 0) is 54.1 Å². The highest BCUT2D eigenvalue weighted by atomic mass is 16.1. The summed E-state index contributed by atoms with van der Waals surface area (Å²) < 4.78 is 0. The quantitative estimate of drug-likeness (QED) is 0.549. The summed E-state index contributed by atoms with van der Waals surface area (Å²) in [6, 6.07) is 17.7. The summed E-state index contributed by atoms with van der Waals surface area (Å²) in [7, 11) is 0. The Morgan fingerprint density at radius 1 is 1.07 bits per heavy atom. The van der Waals surface area contributed by atoms with Crippen LogP contribution in [0.3, 0.4) is 0 Å². The van der Waals surface area contributed by atoms with Crippen LogP contribution in [-0.2, 0) is 6.54 Å². The average molecular weight is 386 g/mol. The first-order chi connectivity index (χ1) is 14.1. The highest BCUT2D eigenvalue weighted by Crippen LogP contribution is 2.21. The Bertz CT molecular complexity index is 1230. The zero-order valence-electron chi connectivity index (χ0n) is 15.7. The topological polar surface area (TPSA) is 106 Å². The summed E-state index contributed by atoms with van der Waals surface area (Å²) in [5.41, 5.74) is 2.80. The van der Waals surface area contributed by atoms with Crippen LogP contribution in [0.25, 0.3) is 22.5 Å². The lowest BCUT2D eigenvalue weighted by molar-refractivity contribution is 0.102. The fraction of sp³-hybridized carbons (Fsp3) is 0.0952. The Kier molecular flexibility index (Phi) is 4.98. The van der Waals surface area contributed by atoms with Gasteiger partial charge in [0.2, 0.25) is 5.82 Å². The van der Waals surface area contributed by atoms with Crippen molar-refractivity contribution in [3.8, 4) is 22.5 Å². The lowest BCUT2D eigenvalue weighted by Gasteiger charge is -2.08. The molecule has 0 aliphatic heterocycles. The van der Waals surface area contributed by atoms with Crippen molar-refractivity contribution in [2.75, 3.05) is 5.32 Å². The Hall–Kier alpha value is -4.07. The molecule has 4 rings (SSSR count). The number of anilines is 1. The molecule has 1 amide bonds. The van der Waals surface area contributed by atoms with E-state index in [1.54, 1.807) is 54.7 Å². The molecule has 0 fully saturated rings. The number of hydrogen-bond acceptors (Lipinski definition) is 5. The minimum absolute atomic E-state index is 0.203. The lowest BCUT2D eigenvalue weighted by Crippen LogP contribution is -2.12. The number of nitrogens with zero attached hydrogens (tertiary/aromatic N) is 4. The van der Waals surface area contributed by atoms with Gasteiger partial charge in [-0.25, -0.2) is 0 Å². The van der Waals surface area contributed by atoms with E-state index in [4.69, 9.17) is 0 Å². The molecule has 0 atom stereocenters. The van der Waals surface area contributed by atoms with E-state index in [0.717, 1.165) is 5.56 Å². The second kappa shape index (κ2) is 7.89. The SMILES string of the molecule is CCn1nnc(-c2cccc(NC(=O)c3cccc(-c4ccc[nH]c4=O)c3)c2)n1. The summed E-state index contributed by atoms with van der Waals surface area (Å²) in [4.78, 5) is 28.9. The van der Waals surface area contributed by atoms with E-state index in [-0.39, 0.29) is 11.5 Å². The molecule has 0 aliphatic rings. The number of amides is 1. The molecule has 0 saturated heterocycles. The summed E-state index contributed by atoms with van der Waals surface area (Å²) in [6.07, 6.45) is 1.57. The van der Waals surface area contributed by atoms with Gasteiger partial charge in [-0.3, -0.25) is 9.59 Å². The van der Waals surface area contributed by atoms with Crippen LogP contribution in [0.1, 0.15) is 17.3 Å². The number of benzene rings is 2. The van der Waals surface area contributed by atoms with Gasteiger partial charge in [0, 0.05) is 28.6 Å². The van der Waals surface area contributed by atoms with Gasteiger partial charge in [0.25, 0.3) is 11.5 Å². The molecule has 0 aliphatic carbocycles. The number of aryl methyl sites for hydroxylation is 1. The molecule has 2 aromatic heterocycles.